The third-order valence-electron chi connectivity index (χ3n) is 4.43. The number of benzene rings is 2. The molecule has 0 fully saturated rings. The van der Waals surface area contributed by atoms with Crippen LogP contribution in [0.3, 0.4) is 0 Å². The first-order valence-electron chi connectivity index (χ1n) is 8.11. The lowest BCUT2D eigenvalue weighted by Crippen LogP contribution is -3.17. The molecule has 2 aromatic carbocycles. The molecule has 0 spiro atoms. The van der Waals surface area contributed by atoms with Gasteiger partial charge in [0.1, 0.15) is 12.4 Å². The Bertz CT molecular complexity index is 794. The molecule has 0 radical (unpaired) electrons. The minimum Gasteiger partial charge on any atom is -0.465 e. The number of quaternary nitrogens is 1. The Labute approximate surface area is 145 Å². The molecule has 6 heteroatoms. The molecule has 0 aromatic heterocycles. The van der Waals surface area contributed by atoms with E-state index >= 15 is 0 Å². The molecule has 130 valence electrons. The number of carbonyl (C=O) groups excluding carboxylic acids is 2. The molecule has 25 heavy (non-hydrogen) atoms. The van der Waals surface area contributed by atoms with E-state index in [9.17, 15) is 14.0 Å². The summed E-state index contributed by atoms with van der Waals surface area (Å²) in [5, 5.41) is 2.68. The van der Waals surface area contributed by atoms with Crippen LogP contribution in [0.1, 0.15) is 11.1 Å². The summed E-state index contributed by atoms with van der Waals surface area (Å²) in [5.74, 6) is -1.01. The third-order valence-corrected chi connectivity index (χ3v) is 4.43. The van der Waals surface area contributed by atoms with Crippen molar-refractivity contribution in [3.8, 4) is 0 Å². The van der Waals surface area contributed by atoms with Crippen LogP contribution in [0.4, 0.5) is 10.1 Å². The predicted octanol–water partition coefficient (Wildman–Crippen LogP) is 0.947. The highest BCUT2D eigenvalue weighted by atomic mass is 19.1. The maximum atomic E-state index is 13.2. The van der Waals surface area contributed by atoms with Crippen LogP contribution in [0, 0.1) is 5.82 Å². The Morgan fingerprint density at radius 3 is 2.68 bits per heavy atom. The second-order valence-electron chi connectivity index (χ2n) is 6.12. The normalized spacial score (nSPS) is 19.0. The maximum Gasteiger partial charge on any atom is 0.365 e. The summed E-state index contributed by atoms with van der Waals surface area (Å²) < 4.78 is 18.1. The number of hydrogen-bond donors (Lipinski definition) is 2. The zero-order valence-electron chi connectivity index (χ0n) is 13.9. The van der Waals surface area contributed by atoms with E-state index in [-0.39, 0.29) is 18.4 Å². The lowest BCUT2D eigenvalue weighted by molar-refractivity contribution is -0.924. The fourth-order valence-corrected chi connectivity index (χ4v) is 3.22. The van der Waals surface area contributed by atoms with Gasteiger partial charge in [-0.2, -0.15) is 0 Å². The van der Waals surface area contributed by atoms with Crippen LogP contribution in [-0.2, 0) is 27.3 Å². The zero-order valence-corrected chi connectivity index (χ0v) is 13.9. The van der Waals surface area contributed by atoms with Crippen LogP contribution < -0.4 is 10.2 Å². The number of anilines is 1. The fraction of sp³-hybridized carbons (Fsp3) is 0.263. The van der Waals surface area contributed by atoms with Gasteiger partial charge in [0.15, 0.2) is 12.6 Å². The molecular formula is C19H20FN2O3+. The molecular weight excluding hydrogens is 323 g/mol. The van der Waals surface area contributed by atoms with Crippen molar-refractivity contribution in [1.82, 2.24) is 0 Å². The van der Waals surface area contributed by atoms with E-state index in [0.717, 1.165) is 16.0 Å². The highest BCUT2D eigenvalue weighted by Crippen LogP contribution is 2.14. The van der Waals surface area contributed by atoms with E-state index in [0.29, 0.717) is 18.7 Å². The molecule has 0 bridgehead atoms. The van der Waals surface area contributed by atoms with Gasteiger partial charge in [-0.15, -0.1) is 0 Å². The molecule has 0 aliphatic carbocycles. The number of methoxy groups -OCH3 is 1. The predicted molar refractivity (Wildman–Crippen MR) is 90.5 cm³/mol. The van der Waals surface area contributed by atoms with Crippen LogP contribution in [0.15, 0.2) is 48.5 Å². The van der Waals surface area contributed by atoms with Crippen LogP contribution in [0.2, 0.25) is 0 Å². The number of nitrogens with one attached hydrogen (secondary N) is 2. The second-order valence-corrected chi connectivity index (χ2v) is 6.12. The van der Waals surface area contributed by atoms with Gasteiger partial charge in [-0.1, -0.05) is 30.3 Å². The number of esters is 1. The van der Waals surface area contributed by atoms with E-state index in [1.807, 2.05) is 24.3 Å². The smallest absolute Gasteiger partial charge is 0.365 e. The molecule has 1 amide bonds. The number of ether oxygens (including phenoxy) is 1. The third kappa shape index (κ3) is 4.03. The largest absolute Gasteiger partial charge is 0.465 e. The van der Waals surface area contributed by atoms with Gasteiger partial charge in [-0.05, 0) is 23.8 Å². The number of amides is 1. The van der Waals surface area contributed by atoms with Crippen LogP contribution in [-0.4, -0.2) is 31.6 Å². The van der Waals surface area contributed by atoms with Crippen LogP contribution >= 0.6 is 0 Å². The monoisotopic (exact) mass is 343 g/mol. The molecule has 5 nitrogen and oxygen atoms in total. The molecule has 1 aliphatic heterocycles. The fourth-order valence-electron chi connectivity index (χ4n) is 3.22. The minimum atomic E-state index is -0.432. The minimum absolute atomic E-state index is 0.102. The van der Waals surface area contributed by atoms with Crippen LogP contribution in [0.5, 0.6) is 0 Å². The first kappa shape index (κ1) is 17.1. The van der Waals surface area contributed by atoms with E-state index in [2.05, 4.69) is 5.32 Å². The number of rotatable bonds is 4. The summed E-state index contributed by atoms with van der Waals surface area (Å²) in [4.78, 5) is 25.3. The molecule has 1 aliphatic rings. The lowest BCUT2D eigenvalue weighted by atomic mass is 9.94. The van der Waals surface area contributed by atoms with E-state index in [4.69, 9.17) is 4.74 Å². The molecule has 2 atom stereocenters. The van der Waals surface area contributed by atoms with Crippen molar-refractivity contribution >= 4 is 17.6 Å². The van der Waals surface area contributed by atoms with Gasteiger partial charge < -0.3 is 15.0 Å². The number of halogens is 1. The molecule has 2 aromatic rings. The lowest BCUT2D eigenvalue weighted by Gasteiger charge is -2.31. The molecule has 3 rings (SSSR count). The SMILES string of the molecule is COC(=O)[C@H]1Cc2ccccc2C[NH+]1CC(=O)Nc1cccc(F)c1. The molecule has 0 saturated carbocycles. The van der Waals surface area contributed by atoms with Crippen molar-refractivity contribution in [3.63, 3.8) is 0 Å². The van der Waals surface area contributed by atoms with E-state index < -0.39 is 11.9 Å². The number of hydrogen-bond acceptors (Lipinski definition) is 3. The van der Waals surface area contributed by atoms with Crippen molar-refractivity contribution in [2.75, 3.05) is 19.0 Å². The average Bonchev–Trinajstić information content (AvgIpc) is 2.60. The van der Waals surface area contributed by atoms with Crippen molar-refractivity contribution < 1.29 is 23.6 Å². The Morgan fingerprint density at radius 2 is 1.96 bits per heavy atom. The molecule has 2 N–H and O–H groups in total. The van der Waals surface area contributed by atoms with Gasteiger partial charge in [0, 0.05) is 17.7 Å². The maximum absolute atomic E-state index is 13.2. The number of carbonyl (C=O) groups is 2. The summed E-state index contributed by atoms with van der Waals surface area (Å²) in [6, 6.07) is 13.2. The van der Waals surface area contributed by atoms with Gasteiger partial charge >= 0.3 is 5.97 Å². The topological polar surface area (TPSA) is 59.8 Å². The Balaban J connectivity index is 1.74. The second kappa shape index (κ2) is 7.44. The van der Waals surface area contributed by atoms with Crippen molar-refractivity contribution in [2.45, 2.75) is 19.0 Å². The summed E-state index contributed by atoms with van der Waals surface area (Å²) in [6.07, 6.45) is 0.533. The number of fused-ring (bicyclic) bond motifs is 1. The van der Waals surface area contributed by atoms with Gasteiger partial charge in [0.2, 0.25) is 0 Å². The average molecular weight is 343 g/mol. The van der Waals surface area contributed by atoms with Gasteiger partial charge in [-0.3, -0.25) is 4.79 Å². The van der Waals surface area contributed by atoms with Gasteiger partial charge in [-0.25, -0.2) is 9.18 Å². The van der Waals surface area contributed by atoms with Crippen molar-refractivity contribution in [2.24, 2.45) is 0 Å². The first-order valence-corrected chi connectivity index (χ1v) is 8.11. The summed E-state index contributed by atoms with van der Waals surface area (Å²) in [7, 11) is 1.35. The first-order chi connectivity index (χ1) is 12.1. The van der Waals surface area contributed by atoms with Gasteiger partial charge in [0.25, 0.3) is 5.91 Å². The summed E-state index contributed by atoms with van der Waals surface area (Å²) in [5.41, 5.74) is 2.62. The van der Waals surface area contributed by atoms with Crippen LogP contribution in [0.25, 0.3) is 0 Å². The molecule has 0 saturated heterocycles. The van der Waals surface area contributed by atoms with E-state index in [1.165, 1.54) is 25.3 Å². The van der Waals surface area contributed by atoms with Gasteiger partial charge in [0.05, 0.1) is 7.11 Å². The Kier molecular flexibility index (Phi) is 5.09. The standard InChI is InChI=1S/C19H19FN2O3/c1-25-19(24)17-9-13-5-2-3-6-14(13)11-22(17)12-18(23)21-16-8-4-7-15(20)10-16/h2-8,10,17H,9,11-12H2,1H3,(H,21,23)/p+1/t17-/m1/s1. The quantitative estimate of drug-likeness (QED) is 0.813. The highest BCUT2D eigenvalue weighted by Gasteiger charge is 2.37. The zero-order chi connectivity index (χ0) is 17.8. The Hall–Kier alpha value is -2.73. The molecule has 1 unspecified atom stereocenters. The Morgan fingerprint density at radius 1 is 1.20 bits per heavy atom. The van der Waals surface area contributed by atoms with E-state index in [1.54, 1.807) is 6.07 Å². The molecule has 1 heterocycles. The highest BCUT2D eigenvalue weighted by molar-refractivity contribution is 5.91. The van der Waals surface area contributed by atoms with Crippen molar-refractivity contribution in [1.29, 1.82) is 0 Å². The van der Waals surface area contributed by atoms with Crippen molar-refractivity contribution in [3.05, 3.63) is 65.5 Å². The summed E-state index contributed by atoms with van der Waals surface area (Å²) in [6.45, 7) is 0.664. The summed E-state index contributed by atoms with van der Waals surface area (Å²) >= 11 is 0.